The standard InChI is InChI=1S/C65H37FN2O2/c66-43-32-33-45-44-22-10-13-25-50(44)65(51(45)34-43)52-36-49(39-28-30-42(31-29-39)64-67-54(40-18-6-2-7-19-40)37-55(68-64)41-20-8-3-9-21-41)62-59(47-24-12-15-27-57(47)69-62)60(52)61-53(65)35-48(38-16-4-1-5-17-38)58-46-23-11-14-26-56(46)70-63(58)61/h1-37H. The molecule has 3 aromatic heterocycles. The van der Waals surface area contributed by atoms with Crippen LogP contribution in [0, 0.1) is 5.82 Å². The molecule has 2 aliphatic carbocycles. The molecular formula is C65H37FN2O2. The van der Waals surface area contributed by atoms with Gasteiger partial charge in [-0.1, -0.05) is 182 Å². The molecule has 2 aliphatic rings. The molecule has 0 aliphatic heterocycles. The molecule has 1 unspecified atom stereocenters. The van der Waals surface area contributed by atoms with E-state index >= 15 is 4.39 Å². The van der Waals surface area contributed by atoms with Gasteiger partial charge in [-0.15, -0.1) is 0 Å². The lowest BCUT2D eigenvalue weighted by Gasteiger charge is -2.31. The normalized spacial score (nSPS) is 14.4. The number of furan rings is 2. The number of aromatic nitrogens is 2. The fourth-order valence-corrected chi connectivity index (χ4v) is 11.8. The minimum Gasteiger partial charge on any atom is -0.455 e. The summed E-state index contributed by atoms with van der Waals surface area (Å²) in [4.78, 5) is 10.3. The van der Waals surface area contributed by atoms with Crippen LogP contribution in [-0.2, 0) is 5.41 Å². The summed E-state index contributed by atoms with van der Waals surface area (Å²) in [5.41, 5.74) is 19.1. The second-order valence-corrected chi connectivity index (χ2v) is 18.4. The summed E-state index contributed by atoms with van der Waals surface area (Å²) in [5.74, 6) is 0.350. The van der Waals surface area contributed by atoms with E-state index in [4.69, 9.17) is 18.8 Å². The van der Waals surface area contributed by atoms with Gasteiger partial charge in [0.15, 0.2) is 5.82 Å². The number of nitrogens with zero attached hydrogens (tertiary/aromatic N) is 2. The van der Waals surface area contributed by atoms with Crippen molar-refractivity contribution in [2.75, 3.05) is 0 Å². The summed E-state index contributed by atoms with van der Waals surface area (Å²) < 4.78 is 30.5. The average molecular weight is 897 g/mol. The van der Waals surface area contributed by atoms with Gasteiger partial charge in [-0.05, 0) is 92.5 Å². The van der Waals surface area contributed by atoms with Gasteiger partial charge in [-0.25, -0.2) is 14.4 Å². The highest BCUT2D eigenvalue weighted by molar-refractivity contribution is 6.25. The topological polar surface area (TPSA) is 52.1 Å². The van der Waals surface area contributed by atoms with Gasteiger partial charge in [0.05, 0.1) is 16.8 Å². The van der Waals surface area contributed by atoms with E-state index in [9.17, 15) is 0 Å². The highest BCUT2D eigenvalue weighted by Crippen LogP contribution is 2.67. The number of benzene rings is 10. The quantitative estimate of drug-likeness (QED) is 0.173. The zero-order valence-corrected chi connectivity index (χ0v) is 37.5. The van der Waals surface area contributed by atoms with Crippen LogP contribution < -0.4 is 0 Å². The van der Waals surface area contributed by atoms with Crippen molar-refractivity contribution < 1.29 is 13.2 Å². The number of rotatable bonds is 5. The van der Waals surface area contributed by atoms with E-state index in [0.717, 1.165) is 139 Å². The molecule has 0 amide bonds. The van der Waals surface area contributed by atoms with Gasteiger partial charge in [0.2, 0.25) is 0 Å². The minimum absolute atomic E-state index is 0.284. The molecule has 4 nitrogen and oxygen atoms in total. The van der Waals surface area contributed by atoms with Crippen LogP contribution in [0.5, 0.6) is 0 Å². The van der Waals surface area contributed by atoms with Crippen molar-refractivity contribution in [3.05, 3.63) is 253 Å². The van der Waals surface area contributed by atoms with E-state index in [2.05, 4.69) is 152 Å². The molecule has 3 heterocycles. The van der Waals surface area contributed by atoms with Crippen LogP contribution in [-0.4, -0.2) is 9.97 Å². The van der Waals surface area contributed by atoms with E-state index in [0.29, 0.717) is 5.82 Å². The van der Waals surface area contributed by atoms with Crippen LogP contribution in [0.15, 0.2) is 233 Å². The van der Waals surface area contributed by atoms with Crippen molar-refractivity contribution in [1.29, 1.82) is 0 Å². The van der Waals surface area contributed by atoms with Crippen LogP contribution in [0.25, 0.3) is 122 Å². The highest BCUT2D eigenvalue weighted by Gasteiger charge is 2.54. The van der Waals surface area contributed by atoms with Crippen molar-refractivity contribution in [3.63, 3.8) is 0 Å². The molecule has 0 N–H and O–H groups in total. The van der Waals surface area contributed by atoms with Crippen LogP contribution in [0.1, 0.15) is 22.3 Å². The second kappa shape index (κ2) is 14.7. The van der Waals surface area contributed by atoms with Gasteiger partial charge in [0.1, 0.15) is 28.1 Å². The van der Waals surface area contributed by atoms with E-state index in [-0.39, 0.29) is 5.82 Å². The lowest BCUT2D eigenvalue weighted by molar-refractivity contribution is 0.622. The van der Waals surface area contributed by atoms with E-state index < -0.39 is 5.41 Å². The van der Waals surface area contributed by atoms with Crippen LogP contribution in [0.3, 0.4) is 0 Å². The number of hydrogen-bond acceptors (Lipinski definition) is 4. The molecule has 70 heavy (non-hydrogen) atoms. The largest absolute Gasteiger partial charge is 0.455 e. The Morgan fingerprint density at radius 2 is 0.857 bits per heavy atom. The highest BCUT2D eigenvalue weighted by atomic mass is 19.1. The third-order valence-corrected chi connectivity index (χ3v) is 14.8. The van der Waals surface area contributed by atoms with Gasteiger partial charge in [-0.3, -0.25) is 0 Å². The predicted octanol–water partition coefficient (Wildman–Crippen LogP) is 17.1. The molecule has 5 heteroatoms. The summed E-state index contributed by atoms with van der Waals surface area (Å²) in [6, 6.07) is 76.9. The summed E-state index contributed by atoms with van der Waals surface area (Å²) in [6.07, 6.45) is 0. The van der Waals surface area contributed by atoms with Crippen molar-refractivity contribution in [2.24, 2.45) is 0 Å². The summed E-state index contributed by atoms with van der Waals surface area (Å²) >= 11 is 0. The number of hydrogen-bond donors (Lipinski definition) is 0. The Kier molecular flexibility index (Phi) is 8.14. The molecule has 15 rings (SSSR count). The Hall–Kier alpha value is -9.19. The maximum absolute atomic E-state index is 16.2. The fraction of sp³-hybridized carbons (Fsp3) is 0.0154. The second-order valence-electron chi connectivity index (χ2n) is 18.4. The first-order valence-corrected chi connectivity index (χ1v) is 23.7. The Morgan fingerprint density at radius 1 is 0.343 bits per heavy atom. The average Bonchev–Trinajstić information content (AvgIpc) is 4.18. The molecule has 326 valence electrons. The van der Waals surface area contributed by atoms with Crippen LogP contribution >= 0.6 is 0 Å². The maximum Gasteiger partial charge on any atom is 0.160 e. The van der Waals surface area contributed by atoms with Gasteiger partial charge in [-0.2, -0.15) is 0 Å². The predicted molar refractivity (Wildman–Crippen MR) is 280 cm³/mol. The first kappa shape index (κ1) is 38.9. The maximum atomic E-state index is 16.2. The first-order valence-electron chi connectivity index (χ1n) is 23.7. The Labute approximate surface area is 401 Å². The number of halogens is 1. The molecule has 10 aromatic carbocycles. The molecule has 1 spiro atoms. The molecule has 0 saturated heterocycles. The van der Waals surface area contributed by atoms with Gasteiger partial charge in [0, 0.05) is 54.9 Å². The molecule has 13 aromatic rings. The monoisotopic (exact) mass is 896 g/mol. The Morgan fingerprint density at radius 3 is 1.54 bits per heavy atom. The fourth-order valence-electron chi connectivity index (χ4n) is 11.8. The summed E-state index contributed by atoms with van der Waals surface area (Å²) in [5, 5.41) is 4.08. The van der Waals surface area contributed by atoms with Crippen LogP contribution in [0.2, 0.25) is 0 Å². The van der Waals surface area contributed by atoms with Crippen molar-refractivity contribution in [2.45, 2.75) is 5.41 Å². The Bertz CT molecular complexity index is 4230. The van der Waals surface area contributed by atoms with Gasteiger partial charge >= 0.3 is 0 Å². The molecule has 0 saturated carbocycles. The molecule has 0 fully saturated rings. The number of para-hydroxylation sites is 2. The summed E-state index contributed by atoms with van der Waals surface area (Å²) in [7, 11) is 0. The van der Waals surface area contributed by atoms with Crippen LogP contribution in [0.4, 0.5) is 4.39 Å². The zero-order valence-electron chi connectivity index (χ0n) is 37.5. The number of fused-ring (bicyclic) bond motifs is 18. The van der Waals surface area contributed by atoms with E-state index in [1.807, 2.05) is 60.7 Å². The molecular weight excluding hydrogens is 860 g/mol. The van der Waals surface area contributed by atoms with Crippen molar-refractivity contribution >= 4 is 43.9 Å². The Balaban J connectivity index is 1.04. The van der Waals surface area contributed by atoms with Crippen molar-refractivity contribution in [1.82, 2.24) is 9.97 Å². The van der Waals surface area contributed by atoms with Gasteiger partial charge in [0.25, 0.3) is 0 Å². The lowest BCUT2D eigenvalue weighted by Crippen LogP contribution is -2.26. The summed E-state index contributed by atoms with van der Waals surface area (Å²) in [6.45, 7) is 0. The smallest absolute Gasteiger partial charge is 0.160 e. The molecule has 1 atom stereocenters. The molecule has 0 radical (unpaired) electrons. The zero-order chi connectivity index (χ0) is 46.1. The molecule has 0 bridgehead atoms. The minimum atomic E-state index is -0.934. The lowest BCUT2D eigenvalue weighted by atomic mass is 9.69. The van der Waals surface area contributed by atoms with Crippen molar-refractivity contribution in [3.8, 4) is 78.4 Å². The van der Waals surface area contributed by atoms with Gasteiger partial charge < -0.3 is 8.83 Å². The SMILES string of the molecule is Fc1ccc2c(c1)C1(c3ccccc3-2)c2cc(-c3ccccc3)c3c(oc4ccccc43)c2-c2c1cc(-c1ccc(-c3nc(-c4ccccc4)cc(-c4ccccc4)n3)cc1)c1oc3ccccc3c21. The third-order valence-electron chi connectivity index (χ3n) is 14.8. The van der Waals surface area contributed by atoms with E-state index in [1.54, 1.807) is 12.1 Å². The third kappa shape index (κ3) is 5.40. The van der Waals surface area contributed by atoms with E-state index in [1.165, 1.54) is 0 Å². The first-order chi connectivity index (χ1) is 34.6.